The molecule has 0 radical (unpaired) electrons. The Morgan fingerprint density at radius 1 is 1.25 bits per heavy atom. The number of nitrogens with zero attached hydrogens (tertiary/aromatic N) is 1. The maximum absolute atomic E-state index is 13.4. The standard InChI is InChI=1S/C15H21F2N3/c1-18-15(19-8-6-11-2-3-11)20-9-7-12-10-13(16)4-5-14(12)17/h4-5,10-11H,2-3,6-9H2,1H3,(H2,18,19,20). The first kappa shape index (κ1) is 14.8. The Morgan fingerprint density at radius 3 is 2.70 bits per heavy atom. The van der Waals surface area contributed by atoms with Gasteiger partial charge >= 0.3 is 0 Å². The zero-order chi connectivity index (χ0) is 14.4. The Kier molecular flexibility index (Phi) is 5.32. The van der Waals surface area contributed by atoms with Crippen LogP contribution in [0.1, 0.15) is 24.8 Å². The summed E-state index contributed by atoms with van der Waals surface area (Å²) in [7, 11) is 1.70. The van der Waals surface area contributed by atoms with E-state index in [4.69, 9.17) is 0 Å². The van der Waals surface area contributed by atoms with Crippen LogP contribution < -0.4 is 10.6 Å². The summed E-state index contributed by atoms with van der Waals surface area (Å²) < 4.78 is 26.5. The predicted octanol–water partition coefficient (Wildman–Crippen LogP) is 2.47. The van der Waals surface area contributed by atoms with Crippen molar-refractivity contribution in [3.8, 4) is 0 Å². The van der Waals surface area contributed by atoms with Crippen LogP contribution in [0.15, 0.2) is 23.2 Å². The molecule has 1 aliphatic rings. The highest BCUT2D eigenvalue weighted by Gasteiger charge is 2.20. The van der Waals surface area contributed by atoms with Gasteiger partial charge in [0.15, 0.2) is 5.96 Å². The Hall–Kier alpha value is -1.65. The second kappa shape index (κ2) is 7.22. The molecule has 0 aliphatic heterocycles. The van der Waals surface area contributed by atoms with Gasteiger partial charge in [-0.05, 0) is 42.5 Å². The molecule has 20 heavy (non-hydrogen) atoms. The molecule has 1 aliphatic carbocycles. The van der Waals surface area contributed by atoms with E-state index in [0.29, 0.717) is 24.5 Å². The maximum atomic E-state index is 13.4. The molecular weight excluding hydrogens is 260 g/mol. The normalized spacial score (nSPS) is 15.2. The molecule has 1 aromatic rings. The first-order valence-corrected chi connectivity index (χ1v) is 7.07. The minimum Gasteiger partial charge on any atom is -0.356 e. The minimum absolute atomic E-state index is 0.370. The smallest absolute Gasteiger partial charge is 0.190 e. The molecule has 0 heterocycles. The van der Waals surface area contributed by atoms with Crippen molar-refractivity contribution in [2.75, 3.05) is 20.1 Å². The average Bonchev–Trinajstić information content (AvgIpc) is 3.25. The molecule has 2 rings (SSSR count). The zero-order valence-electron chi connectivity index (χ0n) is 11.8. The van der Waals surface area contributed by atoms with E-state index in [1.54, 1.807) is 7.05 Å². The van der Waals surface area contributed by atoms with Crippen molar-refractivity contribution in [3.63, 3.8) is 0 Å². The molecule has 0 unspecified atom stereocenters. The van der Waals surface area contributed by atoms with E-state index < -0.39 is 5.82 Å². The molecule has 0 aromatic heterocycles. The van der Waals surface area contributed by atoms with Gasteiger partial charge in [-0.2, -0.15) is 0 Å². The summed E-state index contributed by atoms with van der Waals surface area (Å²) in [6, 6.07) is 3.53. The van der Waals surface area contributed by atoms with Gasteiger partial charge in [0.1, 0.15) is 11.6 Å². The fourth-order valence-corrected chi connectivity index (χ4v) is 2.07. The minimum atomic E-state index is -0.409. The third-order valence-corrected chi connectivity index (χ3v) is 3.46. The third-order valence-electron chi connectivity index (χ3n) is 3.46. The Balaban J connectivity index is 1.71. The molecule has 0 amide bonds. The molecule has 0 atom stereocenters. The molecular formula is C15H21F2N3. The van der Waals surface area contributed by atoms with Crippen LogP contribution in [-0.2, 0) is 6.42 Å². The molecule has 110 valence electrons. The molecule has 5 heteroatoms. The molecule has 0 saturated heterocycles. The quantitative estimate of drug-likeness (QED) is 0.621. The lowest BCUT2D eigenvalue weighted by atomic mass is 10.1. The van der Waals surface area contributed by atoms with E-state index in [9.17, 15) is 8.78 Å². The lowest BCUT2D eigenvalue weighted by Crippen LogP contribution is -2.38. The first-order chi connectivity index (χ1) is 9.69. The maximum Gasteiger partial charge on any atom is 0.190 e. The van der Waals surface area contributed by atoms with E-state index in [0.717, 1.165) is 24.6 Å². The van der Waals surface area contributed by atoms with Crippen LogP contribution in [0.2, 0.25) is 0 Å². The van der Waals surface area contributed by atoms with E-state index in [1.807, 2.05) is 0 Å². The van der Waals surface area contributed by atoms with E-state index >= 15 is 0 Å². The number of nitrogens with one attached hydrogen (secondary N) is 2. The second-order valence-corrected chi connectivity index (χ2v) is 5.14. The molecule has 0 spiro atoms. The summed E-state index contributed by atoms with van der Waals surface area (Å²) in [5.41, 5.74) is 0.380. The summed E-state index contributed by atoms with van der Waals surface area (Å²) in [4.78, 5) is 4.10. The van der Waals surface area contributed by atoms with Gasteiger partial charge in [0.25, 0.3) is 0 Å². The fraction of sp³-hybridized carbons (Fsp3) is 0.533. The van der Waals surface area contributed by atoms with Crippen molar-refractivity contribution in [3.05, 3.63) is 35.4 Å². The molecule has 3 nitrogen and oxygen atoms in total. The number of benzene rings is 1. The summed E-state index contributed by atoms with van der Waals surface area (Å²) in [6.07, 6.45) is 4.27. The monoisotopic (exact) mass is 281 g/mol. The highest BCUT2D eigenvalue weighted by Crippen LogP contribution is 2.31. The van der Waals surface area contributed by atoms with Crippen LogP contribution in [0.3, 0.4) is 0 Å². The molecule has 1 saturated carbocycles. The largest absolute Gasteiger partial charge is 0.356 e. The second-order valence-electron chi connectivity index (χ2n) is 5.14. The van der Waals surface area contributed by atoms with Crippen LogP contribution in [0.25, 0.3) is 0 Å². The van der Waals surface area contributed by atoms with Gasteiger partial charge in [-0.1, -0.05) is 12.8 Å². The van der Waals surface area contributed by atoms with E-state index in [1.165, 1.54) is 25.3 Å². The highest BCUT2D eigenvalue weighted by atomic mass is 19.1. The number of halogens is 2. The Morgan fingerprint density at radius 2 is 2.00 bits per heavy atom. The molecule has 1 aromatic carbocycles. The van der Waals surface area contributed by atoms with Crippen molar-refractivity contribution in [1.82, 2.24) is 10.6 Å². The number of hydrogen-bond acceptors (Lipinski definition) is 1. The molecule has 2 N–H and O–H groups in total. The Labute approximate surface area is 118 Å². The first-order valence-electron chi connectivity index (χ1n) is 7.07. The van der Waals surface area contributed by atoms with Crippen LogP contribution >= 0.6 is 0 Å². The van der Waals surface area contributed by atoms with E-state index in [2.05, 4.69) is 15.6 Å². The third kappa shape index (κ3) is 4.79. The predicted molar refractivity (Wildman–Crippen MR) is 76.8 cm³/mol. The molecule has 1 fully saturated rings. The summed E-state index contributed by atoms with van der Waals surface area (Å²) in [6.45, 7) is 1.42. The fourth-order valence-electron chi connectivity index (χ4n) is 2.07. The van der Waals surface area contributed by atoms with Crippen LogP contribution in [-0.4, -0.2) is 26.1 Å². The van der Waals surface area contributed by atoms with Gasteiger partial charge in [-0.25, -0.2) is 8.78 Å². The lowest BCUT2D eigenvalue weighted by Gasteiger charge is -2.12. The molecule has 0 bridgehead atoms. The van der Waals surface area contributed by atoms with Gasteiger partial charge < -0.3 is 10.6 Å². The van der Waals surface area contributed by atoms with Crippen LogP contribution in [0, 0.1) is 17.6 Å². The van der Waals surface area contributed by atoms with Crippen molar-refractivity contribution in [1.29, 1.82) is 0 Å². The highest BCUT2D eigenvalue weighted by molar-refractivity contribution is 5.79. The topological polar surface area (TPSA) is 36.4 Å². The van der Waals surface area contributed by atoms with Crippen molar-refractivity contribution in [2.45, 2.75) is 25.7 Å². The summed E-state index contributed by atoms with van der Waals surface area (Å²) in [5.74, 6) is 0.808. The SMILES string of the molecule is CN=C(NCCc1cc(F)ccc1F)NCCC1CC1. The Bertz CT molecular complexity index is 470. The van der Waals surface area contributed by atoms with Gasteiger partial charge in [0, 0.05) is 20.1 Å². The summed E-state index contributed by atoms with van der Waals surface area (Å²) in [5, 5.41) is 6.33. The van der Waals surface area contributed by atoms with Crippen molar-refractivity contribution in [2.24, 2.45) is 10.9 Å². The summed E-state index contributed by atoms with van der Waals surface area (Å²) >= 11 is 0. The average molecular weight is 281 g/mol. The van der Waals surface area contributed by atoms with Crippen LogP contribution in [0.4, 0.5) is 8.78 Å². The van der Waals surface area contributed by atoms with Crippen molar-refractivity contribution >= 4 is 5.96 Å². The number of rotatable bonds is 6. The lowest BCUT2D eigenvalue weighted by molar-refractivity contribution is 0.582. The van der Waals surface area contributed by atoms with Crippen LogP contribution in [0.5, 0.6) is 0 Å². The number of hydrogen-bond donors (Lipinski definition) is 2. The van der Waals surface area contributed by atoms with Gasteiger partial charge in [0.2, 0.25) is 0 Å². The van der Waals surface area contributed by atoms with E-state index in [-0.39, 0.29) is 5.82 Å². The van der Waals surface area contributed by atoms with Gasteiger partial charge in [-0.15, -0.1) is 0 Å². The number of guanidine groups is 1. The number of aliphatic imine (C=N–C) groups is 1. The van der Waals surface area contributed by atoms with Gasteiger partial charge in [0.05, 0.1) is 0 Å². The van der Waals surface area contributed by atoms with Crippen molar-refractivity contribution < 1.29 is 8.78 Å². The van der Waals surface area contributed by atoms with Gasteiger partial charge in [-0.3, -0.25) is 4.99 Å². The zero-order valence-corrected chi connectivity index (χ0v) is 11.8.